The molecule has 0 spiro atoms. The molecule has 0 amide bonds. The van der Waals surface area contributed by atoms with E-state index in [-0.39, 0.29) is 0 Å². The average molecular weight is 417 g/mol. The van der Waals surface area contributed by atoms with Crippen LogP contribution < -0.4 is 0 Å². The number of fused-ring (bicyclic) bond motifs is 5. The highest BCUT2D eigenvalue weighted by molar-refractivity contribution is 5.10. The Balaban J connectivity index is 1.42. The first kappa shape index (κ1) is 22.8. The molecule has 1 unspecified atom stereocenters. The van der Waals surface area contributed by atoms with Crippen molar-refractivity contribution in [2.45, 2.75) is 122 Å². The van der Waals surface area contributed by atoms with Gasteiger partial charge in [-0.2, -0.15) is 0 Å². The van der Waals surface area contributed by atoms with E-state index in [1.54, 1.807) is 0 Å². The van der Waals surface area contributed by atoms with E-state index < -0.39 is 11.2 Å². The molecule has 4 aliphatic rings. The van der Waals surface area contributed by atoms with Crippen molar-refractivity contribution < 1.29 is 10.2 Å². The fraction of sp³-hybridized carbons (Fsp3) is 0.929. The van der Waals surface area contributed by atoms with Crippen LogP contribution in [0, 0.1) is 40.4 Å². The number of hydrogen-bond donors (Lipinski definition) is 2. The largest absolute Gasteiger partial charge is 0.390 e. The van der Waals surface area contributed by atoms with Crippen molar-refractivity contribution in [3.63, 3.8) is 0 Å². The average Bonchev–Trinajstić information content (AvgIpc) is 2.99. The summed E-state index contributed by atoms with van der Waals surface area (Å²) in [6.07, 6.45) is 17.6. The Labute approximate surface area is 185 Å². The third-order valence-corrected chi connectivity index (χ3v) is 11.0. The van der Waals surface area contributed by atoms with E-state index in [9.17, 15) is 10.2 Å². The lowest BCUT2D eigenvalue weighted by molar-refractivity contribution is -0.146. The molecule has 0 heterocycles. The molecule has 4 rings (SSSR count). The summed E-state index contributed by atoms with van der Waals surface area (Å²) in [4.78, 5) is 0. The Hall–Kier alpha value is -0.340. The van der Waals surface area contributed by atoms with E-state index >= 15 is 0 Å². The summed E-state index contributed by atoms with van der Waals surface area (Å²) in [5.74, 6) is 4.30. The standard InChI is InChI=1S/C28H48O2/c1-6-14-25(2,29)15-7-8-20-10-12-23-22-11-9-21-19-26(3,30)17-18-28(21,5)24(22)13-16-27(20,23)4/h6,20-24,29-30H,1,7-19H2,2-5H3/t20-,21-,22-,23-,24-,25?,26-,27+,28-/m0/s1. The zero-order chi connectivity index (χ0) is 21.8. The molecule has 172 valence electrons. The molecule has 0 bridgehead atoms. The summed E-state index contributed by atoms with van der Waals surface area (Å²) in [5.41, 5.74) is -0.0122. The van der Waals surface area contributed by atoms with Crippen molar-refractivity contribution in [3.8, 4) is 0 Å². The van der Waals surface area contributed by atoms with E-state index in [0.29, 0.717) is 17.3 Å². The Kier molecular flexibility index (Phi) is 6.02. The second-order valence-corrected chi connectivity index (χ2v) is 13.1. The van der Waals surface area contributed by atoms with Crippen molar-refractivity contribution >= 4 is 0 Å². The van der Waals surface area contributed by atoms with Crippen LogP contribution in [0.1, 0.15) is 111 Å². The van der Waals surface area contributed by atoms with Gasteiger partial charge < -0.3 is 10.2 Å². The maximum absolute atomic E-state index is 10.7. The molecule has 2 N–H and O–H groups in total. The van der Waals surface area contributed by atoms with Gasteiger partial charge in [0.05, 0.1) is 11.2 Å². The van der Waals surface area contributed by atoms with E-state index in [4.69, 9.17) is 0 Å². The predicted octanol–water partition coefficient (Wildman–Crippen LogP) is 6.89. The summed E-state index contributed by atoms with van der Waals surface area (Å²) in [6, 6.07) is 0. The molecular weight excluding hydrogens is 368 g/mol. The van der Waals surface area contributed by atoms with E-state index in [1.165, 1.54) is 51.4 Å². The minimum absolute atomic E-state index is 0.425. The van der Waals surface area contributed by atoms with Gasteiger partial charge in [0.25, 0.3) is 0 Å². The first-order chi connectivity index (χ1) is 14.0. The van der Waals surface area contributed by atoms with Gasteiger partial charge in [-0.1, -0.05) is 26.3 Å². The minimum atomic E-state index is -0.576. The third kappa shape index (κ3) is 3.94. The van der Waals surface area contributed by atoms with Gasteiger partial charge in [0.2, 0.25) is 0 Å². The van der Waals surface area contributed by atoms with Crippen LogP contribution >= 0.6 is 0 Å². The first-order valence-corrected chi connectivity index (χ1v) is 13.1. The lowest BCUT2D eigenvalue weighted by Gasteiger charge is -2.62. The summed E-state index contributed by atoms with van der Waals surface area (Å²) in [7, 11) is 0. The van der Waals surface area contributed by atoms with Crippen LogP contribution in [0.4, 0.5) is 0 Å². The van der Waals surface area contributed by atoms with Crippen molar-refractivity contribution in [3.05, 3.63) is 12.7 Å². The topological polar surface area (TPSA) is 40.5 Å². The van der Waals surface area contributed by atoms with Crippen molar-refractivity contribution in [2.75, 3.05) is 0 Å². The molecule has 0 aliphatic heterocycles. The molecule has 9 atom stereocenters. The van der Waals surface area contributed by atoms with Crippen LogP contribution in [0.3, 0.4) is 0 Å². The Bertz CT molecular complexity index is 637. The third-order valence-electron chi connectivity index (χ3n) is 11.0. The van der Waals surface area contributed by atoms with Crippen molar-refractivity contribution in [1.29, 1.82) is 0 Å². The molecule has 2 heteroatoms. The zero-order valence-corrected chi connectivity index (χ0v) is 20.3. The van der Waals surface area contributed by atoms with Gasteiger partial charge >= 0.3 is 0 Å². The number of rotatable bonds is 6. The smallest absolute Gasteiger partial charge is 0.0653 e. The van der Waals surface area contributed by atoms with Crippen LogP contribution in [0.5, 0.6) is 0 Å². The molecule has 30 heavy (non-hydrogen) atoms. The van der Waals surface area contributed by atoms with Crippen LogP contribution in [0.15, 0.2) is 12.7 Å². The van der Waals surface area contributed by atoms with Crippen LogP contribution in [-0.2, 0) is 0 Å². The van der Waals surface area contributed by atoms with Gasteiger partial charge in [-0.05, 0) is 131 Å². The van der Waals surface area contributed by atoms with Crippen LogP contribution in [-0.4, -0.2) is 21.4 Å². The Morgan fingerprint density at radius 2 is 1.70 bits per heavy atom. The molecule has 2 nitrogen and oxygen atoms in total. The lowest BCUT2D eigenvalue weighted by atomic mass is 9.44. The lowest BCUT2D eigenvalue weighted by Crippen LogP contribution is -2.55. The van der Waals surface area contributed by atoms with Crippen molar-refractivity contribution in [1.82, 2.24) is 0 Å². The molecule has 4 fully saturated rings. The van der Waals surface area contributed by atoms with Crippen LogP contribution in [0.2, 0.25) is 0 Å². The fourth-order valence-corrected chi connectivity index (χ4v) is 9.16. The number of hydrogen-bond acceptors (Lipinski definition) is 2. The summed E-state index contributed by atoms with van der Waals surface area (Å²) >= 11 is 0. The predicted molar refractivity (Wildman–Crippen MR) is 125 cm³/mol. The monoisotopic (exact) mass is 416 g/mol. The van der Waals surface area contributed by atoms with E-state index in [0.717, 1.165) is 55.3 Å². The Morgan fingerprint density at radius 1 is 0.967 bits per heavy atom. The highest BCUT2D eigenvalue weighted by atomic mass is 16.3. The zero-order valence-electron chi connectivity index (χ0n) is 20.3. The summed E-state index contributed by atoms with van der Waals surface area (Å²) < 4.78 is 0. The SMILES string of the molecule is C=CCC(C)(O)CCC[C@H]1CC[C@H]2[C@@H]3CC[C@H]4C[C@@](C)(O)CC[C@]4(C)[C@H]3CC[C@]12C. The highest BCUT2D eigenvalue weighted by Gasteiger charge is 2.60. The summed E-state index contributed by atoms with van der Waals surface area (Å²) in [5, 5.41) is 21.2. The van der Waals surface area contributed by atoms with Gasteiger partial charge in [-0.3, -0.25) is 0 Å². The molecule has 0 saturated heterocycles. The van der Waals surface area contributed by atoms with Gasteiger partial charge in [-0.15, -0.1) is 6.58 Å². The van der Waals surface area contributed by atoms with Gasteiger partial charge in [0, 0.05) is 0 Å². The van der Waals surface area contributed by atoms with Crippen LogP contribution in [0.25, 0.3) is 0 Å². The summed E-state index contributed by atoms with van der Waals surface area (Å²) in [6.45, 7) is 13.1. The quantitative estimate of drug-likeness (QED) is 0.463. The molecule has 0 aromatic heterocycles. The van der Waals surface area contributed by atoms with E-state index in [2.05, 4.69) is 27.4 Å². The minimum Gasteiger partial charge on any atom is -0.390 e. The number of aliphatic hydroxyl groups is 2. The molecule has 0 radical (unpaired) electrons. The maximum Gasteiger partial charge on any atom is 0.0653 e. The first-order valence-electron chi connectivity index (χ1n) is 13.1. The Morgan fingerprint density at radius 3 is 2.43 bits per heavy atom. The van der Waals surface area contributed by atoms with Gasteiger partial charge in [-0.25, -0.2) is 0 Å². The molecular formula is C28H48O2. The van der Waals surface area contributed by atoms with Crippen molar-refractivity contribution in [2.24, 2.45) is 40.4 Å². The molecule has 4 saturated carbocycles. The fourth-order valence-electron chi connectivity index (χ4n) is 9.16. The maximum atomic E-state index is 10.7. The molecule has 4 aliphatic carbocycles. The second kappa shape index (κ2) is 7.91. The highest BCUT2D eigenvalue weighted by Crippen LogP contribution is 2.68. The van der Waals surface area contributed by atoms with Gasteiger partial charge in [0.15, 0.2) is 0 Å². The second-order valence-electron chi connectivity index (χ2n) is 13.1. The molecule has 0 aromatic rings. The van der Waals surface area contributed by atoms with Gasteiger partial charge in [0.1, 0.15) is 0 Å². The molecule has 0 aromatic carbocycles. The normalized spacial score (nSPS) is 50.1. The van der Waals surface area contributed by atoms with E-state index in [1.807, 2.05) is 13.0 Å².